The van der Waals surface area contributed by atoms with Crippen molar-refractivity contribution in [1.82, 2.24) is 14.8 Å². The molecule has 0 radical (unpaired) electrons. The Labute approximate surface area is 193 Å². The smallest absolute Gasteiger partial charge is 0.159 e. The van der Waals surface area contributed by atoms with Crippen LogP contribution in [0.1, 0.15) is 50.0 Å². The molecule has 0 fully saturated rings. The maximum absolute atomic E-state index is 12.4. The molecule has 2 aromatic carbocycles. The fourth-order valence-corrected chi connectivity index (χ4v) is 4.92. The van der Waals surface area contributed by atoms with Crippen LogP contribution in [0.3, 0.4) is 0 Å². The number of nitrogens with zero attached hydrogens (tertiary/aromatic N) is 4. The maximum Gasteiger partial charge on any atom is 0.159 e. The first-order valence-electron chi connectivity index (χ1n) is 10.5. The summed E-state index contributed by atoms with van der Waals surface area (Å²) < 4.78 is 21.3. The van der Waals surface area contributed by atoms with Crippen LogP contribution in [-0.2, 0) is 23.8 Å². The van der Waals surface area contributed by atoms with Crippen LogP contribution in [0.2, 0.25) is 0 Å². The molecule has 0 N–H and O–H groups in total. The fourth-order valence-electron chi connectivity index (χ4n) is 3.64. The van der Waals surface area contributed by atoms with E-state index in [4.69, 9.17) is 9.73 Å². The first kappa shape index (κ1) is 21.9. The minimum absolute atomic E-state index is 0.418. The van der Waals surface area contributed by atoms with Gasteiger partial charge >= 0.3 is 0 Å². The Balaban J connectivity index is 1.92. The molecule has 0 aliphatic carbocycles. The van der Waals surface area contributed by atoms with Crippen LogP contribution < -0.4 is 4.74 Å². The van der Waals surface area contributed by atoms with Gasteiger partial charge in [0.15, 0.2) is 5.82 Å². The zero-order valence-electron chi connectivity index (χ0n) is 17.9. The maximum atomic E-state index is 12.4. The second-order valence-corrected chi connectivity index (χ2v) is 9.79. The van der Waals surface area contributed by atoms with Gasteiger partial charge in [0, 0.05) is 34.3 Å². The molecule has 2 heterocycles. The monoisotopic (exact) mass is 500 g/mol. The highest BCUT2D eigenvalue weighted by Crippen LogP contribution is 2.35. The first-order chi connectivity index (χ1) is 15.1. The molecule has 1 aliphatic rings. The second-order valence-electron chi connectivity index (χ2n) is 7.20. The number of hydrogen-bond acceptors (Lipinski definition) is 5. The van der Waals surface area contributed by atoms with Gasteiger partial charge in [-0.05, 0) is 40.5 Å². The molecule has 8 heteroatoms. The number of hydrogen-bond donors (Lipinski definition) is 0. The third-order valence-electron chi connectivity index (χ3n) is 5.13. The summed E-state index contributed by atoms with van der Waals surface area (Å²) in [5.41, 5.74) is 3.69. The van der Waals surface area contributed by atoms with E-state index in [1.165, 1.54) is 0 Å². The number of aliphatic imine (C=N–C) groups is 1. The van der Waals surface area contributed by atoms with Crippen molar-refractivity contribution in [2.24, 2.45) is 4.99 Å². The average molecular weight is 501 g/mol. The van der Waals surface area contributed by atoms with Crippen molar-refractivity contribution in [3.8, 4) is 11.4 Å². The molecule has 6 nitrogen and oxygen atoms in total. The number of aromatic nitrogens is 3. The molecule has 1 aromatic heterocycles. The zero-order chi connectivity index (χ0) is 22.0. The van der Waals surface area contributed by atoms with E-state index in [9.17, 15) is 4.21 Å². The minimum atomic E-state index is -1.03. The van der Waals surface area contributed by atoms with Crippen molar-refractivity contribution in [2.45, 2.75) is 45.1 Å². The van der Waals surface area contributed by atoms with Crippen molar-refractivity contribution in [2.75, 3.05) is 12.4 Å². The normalized spacial score (nSPS) is 13.7. The molecule has 4 rings (SSSR count). The molecule has 1 aliphatic heterocycles. The van der Waals surface area contributed by atoms with E-state index in [1.54, 1.807) is 0 Å². The summed E-state index contributed by atoms with van der Waals surface area (Å²) in [4.78, 5) is 5.73. The van der Waals surface area contributed by atoms with Crippen molar-refractivity contribution >= 4 is 32.4 Å². The highest BCUT2D eigenvalue weighted by Gasteiger charge is 2.24. The quantitative estimate of drug-likeness (QED) is 0.464. The van der Waals surface area contributed by atoms with E-state index >= 15 is 0 Å². The topological polar surface area (TPSA) is 69.4 Å². The van der Waals surface area contributed by atoms with Gasteiger partial charge in [-0.3, -0.25) is 13.8 Å². The second kappa shape index (κ2) is 9.44. The van der Waals surface area contributed by atoms with Gasteiger partial charge in [-0.25, -0.2) is 0 Å². The Morgan fingerprint density at radius 1 is 1.16 bits per heavy atom. The molecule has 3 aromatic rings. The van der Waals surface area contributed by atoms with Crippen LogP contribution in [0.5, 0.6) is 5.75 Å². The third-order valence-corrected chi connectivity index (χ3v) is 7.06. The summed E-state index contributed by atoms with van der Waals surface area (Å²) in [5.74, 6) is 3.05. The van der Waals surface area contributed by atoms with Crippen LogP contribution in [0, 0.1) is 0 Å². The zero-order valence-corrected chi connectivity index (χ0v) is 20.3. The standard InChI is InChI=1S/C23H25BrN4O2S/c1-4-10-30-20-13-19-17(12-18(20)24)23(15-8-7-9-16(11-15)31(29)6-3)25-14-22-27-26-21(5-2)28(19)22/h7-9,11-13H,4-6,10,14H2,1-3H3. The molecule has 162 valence electrons. The van der Waals surface area contributed by atoms with Crippen molar-refractivity contribution in [3.63, 3.8) is 0 Å². The Morgan fingerprint density at radius 3 is 2.74 bits per heavy atom. The first-order valence-corrected chi connectivity index (χ1v) is 12.6. The molecule has 0 saturated heterocycles. The molecule has 0 amide bonds. The summed E-state index contributed by atoms with van der Waals surface area (Å²) in [6.07, 6.45) is 1.68. The lowest BCUT2D eigenvalue weighted by Gasteiger charge is -2.17. The van der Waals surface area contributed by atoms with Gasteiger partial charge in [-0.15, -0.1) is 10.2 Å². The molecular formula is C23H25BrN4O2S. The number of fused-ring (bicyclic) bond motifs is 3. The van der Waals surface area contributed by atoms with Gasteiger partial charge in [0.1, 0.15) is 18.1 Å². The summed E-state index contributed by atoms with van der Waals surface area (Å²) in [6, 6.07) is 11.9. The highest BCUT2D eigenvalue weighted by atomic mass is 79.9. The number of halogens is 1. The SMILES string of the molecule is CCCOc1cc2c(cc1Br)C(c1cccc(S(=O)CC)c1)=NCc1nnc(CC)n1-2. The van der Waals surface area contributed by atoms with Gasteiger partial charge in [0.25, 0.3) is 0 Å². The lowest BCUT2D eigenvalue weighted by molar-refractivity contribution is 0.315. The predicted octanol–water partition coefficient (Wildman–Crippen LogP) is 4.86. The minimum Gasteiger partial charge on any atom is -0.492 e. The molecule has 1 unspecified atom stereocenters. The average Bonchev–Trinajstić information content (AvgIpc) is 3.14. The van der Waals surface area contributed by atoms with E-state index in [2.05, 4.69) is 50.6 Å². The van der Waals surface area contributed by atoms with Crippen LogP contribution in [0.25, 0.3) is 5.69 Å². The lowest BCUT2D eigenvalue weighted by atomic mass is 10.00. The van der Waals surface area contributed by atoms with Crippen LogP contribution in [-0.4, -0.2) is 37.0 Å². The van der Waals surface area contributed by atoms with E-state index in [0.717, 1.165) is 62.1 Å². The number of ether oxygens (including phenoxy) is 1. The largest absolute Gasteiger partial charge is 0.492 e. The molecule has 1 atom stereocenters. The van der Waals surface area contributed by atoms with Crippen LogP contribution >= 0.6 is 15.9 Å². The number of aryl methyl sites for hydroxylation is 1. The highest BCUT2D eigenvalue weighted by molar-refractivity contribution is 9.10. The van der Waals surface area contributed by atoms with Gasteiger partial charge in [0.05, 0.1) is 33.3 Å². The summed E-state index contributed by atoms with van der Waals surface area (Å²) in [6.45, 7) is 7.14. The summed E-state index contributed by atoms with van der Waals surface area (Å²) in [5, 5.41) is 8.76. The molecule has 0 saturated carbocycles. The molecular weight excluding hydrogens is 476 g/mol. The molecule has 0 spiro atoms. The predicted molar refractivity (Wildman–Crippen MR) is 127 cm³/mol. The van der Waals surface area contributed by atoms with Crippen molar-refractivity contribution in [1.29, 1.82) is 0 Å². The Kier molecular flexibility index (Phi) is 6.67. The Morgan fingerprint density at radius 2 is 2.00 bits per heavy atom. The van der Waals surface area contributed by atoms with E-state index in [-0.39, 0.29) is 0 Å². The van der Waals surface area contributed by atoms with Gasteiger partial charge in [-0.1, -0.05) is 32.9 Å². The van der Waals surface area contributed by atoms with E-state index in [0.29, 0.717) is 18.9 Å². The molecule has 31 heavy (non-hydrogen) atoms. The van der Waals surface area contributed by atoms with Gasteiger partial charge in [0.2, 0.25) is 0 Å². The lowest BCUT2D eigenvalue weighted by Crippen LogP contribution is -2.11. The number of rotatable bonds is 7. The summed E-state index contributed by atoms with van der Waals surface area (Å²) >= 11 is 3.68. The van der Waals surface area contributed by atoms with Crippen LogP contribution in [0.4, 0.5) is 0 Å². The van der Waals surface area contributed by atoms with E-state index < -0.39 is 10.8 Å². The van der Waals surface area contributed by atoms with Crippen LogP contribution in [0.15, 0.2) is 50.8 Å². The van der Waals surface area contributed by atoms with Crippen molar-refractivity contribution < 1.29 is 8.95 Å². The van der Waals surface area contributed by atoms with Crippen molar-refractivity contribution in [3.05, 3.63) is 63.6 Å². The van der Waals surface area contributed by atoms with Gasteiger partial charge < -0.3 is 4.74 Å². The fraction of sp³-hybridized carbons (Fsp3) is 0.348. The Hall–Kier alpha value is -2.32. The van der Waals surface area contributed by atoms with Gasteiger partial charge in [-0.2, -0.15) is 0 Å². The Bertz CT molecular complexity index is 1170. The summed E-state index contributed by atoms with van der Waals surface area (Å²) in [7, 11) is -1.03. The number of benzene rings is 2. The van der Waals surface area contributed by atoms with E-state index in [1.807, 2.05) is 37.3 Å². The molecule has 0 bridgehead atoms. The third kappa shape index (κ3) is 4.23.